The monoisotopic (exact) mass is 347 g/mol. The van der Waals surface area contributed by atoms with Crippen molar-refractivity contribution >= 4 is 17.3 Å². The molecule has 4 rings (SSSR count). The van der Waals surface area contributed by atoms with E-state index in [1.165, 1.54) is 16.9 Å². The van der Waals surface area contributed by atoms with Gasteiger partial charge in [-0.15, -0.1) is 11.3 Å². The summed E-state index contributed by atoms with van der Waals surface area (Å²) < 4.78 is 0. The summed E-state index contributed by atoms with van der Waals surface area (Å²) in [5.74, 6) is 0.113. The Morgan fingerprint density at radius 3 is 2.72 bits per heavy atom. The molecule has 0 amide bonds. The van der Waals surface area contributed by atoms with Crippen LogP contribution < -0.4 is 5.32 Å². The third-order valence-corrected chi connectivity index (χ3v) is 5.04. The van der Waals surface area contributed by atoms with Crippen LogP contribution in [0.2, 0.25) is 0 Å². The van der Waals surface area contributed by atoms with Crippen LogP contribution >= 0.6 is 11.3 Å². The van der Waals surface area contributed by atoms with Gasteiger partial charge >= 0.3 is 0 Å². The lowest BCUT2D eigenvalue weighted by molar-refractivity contribution is 0.922. The van der Waals surface area contributed by atoms with Crippen LogP contribution in [0.4, 0.5) is 5.95 Å². The SMILES string of the molecule is Cc1ccc(-c2csc(C(C#N)c3ccnc(NC4CC4)n3)n2)cc1. The van der Waals surface area contributed by atoms with Gasteiger partial charge in [0.2, 0.25) is 5.95 Å². The lowest BCUT2D eigenvalue weighted by Crippen LogP contribution is -2.08. The molecule has 1 fully saturated rings. The molecule has 1 saturated carbocycles. The Labute approximate surface area is 150 Å². The Hall–Kier alpha value is -2.78. The summed E-state index contributed by atoms with van der Waals surface area (Å²) in [4.78, 5) is 13.4. The molecule has 1 aliphatic rings. The zero-order chi connectivity index (χ0) is 17.2. The van der Waals surface area contributed by atoms with Gasteiger partial charge in [0.05, 0.1) is 17.5 Å². The van der Waals surface area contributed by atoms with E-state index in [9.17, 15) is 5.26 Å². The smallest absolute Gasteiger partial charge is 0.223 e. The number of thiazole rings is 1. The highest BCUT2D eigenvalue weighted by Gasteiger charge is 2.24. The molecule has 1 atom stereocenters. The molecule has 1 aromatic carbocycles. The number of hydrogen-bond acceptors (Lipinski definition) is 6. The molecule has 3 aromatic rings. The number of rotatable bonds is 5. The Morgan fingerprint density at radius 2 is 2.00 bits per heavy atom. The quantitative estimate of drug-likeness (QED) is 0.751. The standard InChI is InChI=1S/C19H17N5S/c1-12-2-4-13(5-3-12)17-11-25-18(23-17)15(10-20)16-8-9-21-19(24-16)22-14-6-7-14/h2-5,8-9,11,14-15H,6-7H2,1H3,(H,21,22,24). The number of benzene rings is 1. The highest BCUT2D eigenvalue weighted by atomic mass is 32.1. The topological polar surface area (TPSA) is 74.5 Å². The first-order valence-electron chi connectivity index (χ1n) is 8.24. The number of nitrogens with one attached hydrogen (secondary N) is 1. The van der Waals surface area contributed by atoms with Crippen molar-refractivity contribution in [1.29, 1.82) is 5.26 Å². The average molecular weight is 347 g/mol. The zero-order valence-corrected chi connectivity index (χ0v) is 14.6. The lowest BCUT2D eigenvalue weighted by atomic mass is 10.1. The molecule has 6 heteroatoms. The first-order valence-corrected chi connectivity index (χ1v) is 9.12. The van der Waals surface area contributed by atoms with Gasteiger partial charge in [-0.05, 0) is 25.8 Å². The van der Waals surface area contributed by atoms with Crippen LogP contribution in [-0.4, -0.2) is 21.0 Å². The maximum absolute atomic E-state index is 9.67. The van der Waals surface area contributed by atoms with Gasteiger partial charge in [-0.1, -0.05) is 29.8 Å². The van der Waals surface area contributed by atoms with Crippen molar-refractivity contribution in [1.82, 2.24) is 15.0 Å². The van der Waals surface area contributed by atoms with Gasteiger partial charge < -0.3 is 5.32 Å². The number of anilines is 1. The molecule has 0 bridgehead atoms. The molecule has 5 nitrogen and oxygen atoms in total. The number of nitriles is 1. The normalized spacial score (nSPS) is 14.7. The van der Waals surface area contributed by atoms with Crippen LogP contribution in [0.15, 0.2) is 41.9 Å². The van der Waals surface area contributed by atoms with Gasteiger partial charge in [0, 0.05) is 23.2 Å². The van der Waals surface area contributed by atoms with Gasteiger partial charge in [0.1, 0.15) is 10.9 Å². The summed E-state index contributed by atoms with van der Waals surface area (Å²) in [6, 6.07) is 12.8. The fourth-order valence-corrected chi connectivity index (χ4v) is 3.42. The predicted molar refractivity (Wildman–Crippen MR) is 98.4 cm³/mol. The first-order chi connectivity index (χ1) is 12.2. The van der Waals surface area contributed by atoms with Crippen molar-refractivity contribution < 1.29 is 0 Å². The Bertz CT molecular complexity index is 921. The van der Waals surface area contributed by atoms with Crippen molar-refractivity contribution in [2.75, 3.05) is 5.32 Å². The molecule has 0 spiro atoms. The third kappa shape index (κ3) is 3.52. The van der Waals surface area contributed by atoms with Gasteiger partial charge in [-0.25, -0.2) is 15.0 Å². The van der Waals surface area contributed by atoms with E-state index in [-0.39, 0.29) is 0 Å². The molecular weight excluding hydrogens is 330 g/mol. The molecule has 0 saturated heterocycles. The van der Waals surface area contributed by atoms with Gasteiger partial charge in [-0.3, -0.25) is 0 Å². The van der Waals surface area contributed by atoms with Crippen molar-refractivity contribution in [2.24, 2.45) is 0 Å². The van der Waals surface area contributed by atoms with E-state index < -0.39 is 5.92 Å². The molecule has 0 radical (unpaired) electrons. The molecule has 0 aliphatic heterocycles. The van der Waals surface area contributed by atoms with E-state index in [4.69, 9.17) is 0 Å². The second-order valence-electron chi connectivity index (χ2n) is 6.22. The summed E-state index contributed by atoms with van der Waals surface area (Å²) >= 11 is 1.49. The Morgan fingerprint density at radius 1 is 1.20 bits per heavy atom. The van der Waals surface area contributed by atoms with Crippen LogP contribution in [0.25, 0.3) is 11.3 Å². The van der Waals surface area contributed by atoms with Crippen molar-refractivity contribution in [3.8, 4) is 17.3 Å². The van der Waals surface area contributed by atoms with E-state index in [1.807, 2.05) is 5.38 Å². The van der Waals surface area contributed by atoms with Crippen LogP contribution in [0, 0.1) is 18.3 Å². The summed E-state index contributed by atoms with van der Waals surface area (Å²) in [6.45, 7) is 2.06. The summed E-state index contributed by atoms with van der Waals surface area (Å²) in [6.07, 6.45) is 4.01. The minimum Gasteiger partial charge on any atom is -0.351 e. The Kier molecular flexibility index (Phi) is 4.16. The molecule has 1 N–H and O–H groups in total. The number of hydrogen-bond donors (Lipinski definition) is 1. The molecule has 25 heavy (non-hydrogen) atoms. The van der Waals surface area contributed by atoms with Crippen LogP contribution in [0.1, 0.15) is 35.0 Å². The first kappa shape index (κ1) is 15.7. The predicted octanol–water partition coefficient (Wildman–Crippen LogP) is 4.14. The highest BCUT2D eigenvalue weighted by Crippen LogP contribution is 2.30. The highest BCUT2D eigenvalue weighted by molar-refractivity contribution is 7.10. The van der Waals surface area contributed by atoms with Gasteiger partial charge in [0.25, 0.3) is 0 Å². The van der Waals surface area contributed by atoms with Crippen molar-refractivity contribution in [2.45, 2.75) is 31.7 Å². The van der Waals surface area contributed by atoms with Gasteiger partial charge in [-0.2, -0.15) is 5.26 Å². The number of aryl methyl sites for hydroxylation is 1. The van der Waals surface area contributed by atoms with Crippen molar-refractivity contribution in [3.05, 3.63) is 58.2 Å². The molecule has 2 heterocycles. The molecular formula is C19H17N5S. The lowest BCUT2D eigenvalue weighted by Gasteiger charge is -2.08. The largest absolute Gasteiger partial charge is 0.351 e. The molecule has 1 aliphatic carbocycles. The fraction of sp³-hybridized carbons (Fsp3) is 0.263. The molecule has 124 valence electrons. The van der Waals surface area contributed by atoms with E-state index >= 15 is 0 Å². The minimum atomic E-state index is -0.480. The third-order valence-electron chi connectivity index (χ3n) is 4.13. The fourth-order valence-electron chi connectivity index (χ4n) is 2.54. The van der Waals surface area contributed by atoms with Crippen LogP contribution in [-0.2, 0) is 0 Å². The Balaban J connectivity index is 1.61. The average Bonchev–Trinajstić information content (AvgIpc) is 3.31. The van der Waals surface area contributed by atoms with E-state index in [0.29, 0.717) is 17.7 Å². The number of nitrogens with zero attached hydrogens (tertiary/aromatic N) is 4. The van der Waals surface area contributed by atoms with E-state index in [2.05, 4.69) is 57.5 Å². The van der Waals surface area contributed by atoms with E-state index in [0.717, 1.165) is 29.1 Å². The summed E-state index contributed by atoms with van der Waals surface area (Å²) in [7, 11) is 0. The van der Waals surface area contributed by atoms with Crippen molar-refractivity contribution in [3.63, 3.8) is 0 Å². The maximum atomic E-state index is 9.67. The second-order valence-corrected chi connectivity index (χ2v) is 7.11. The van der Waals surface area contributed by atoms with E-state index in [1.54, 1.807) is 12.3 Å². The van der Waals surface area contributed by atoms with Crippen LogP contribution in [0.5, 0.6) is 0 Å². The zero-order valence-electron chi connectivity index (χ0n) is 13.8. The summed E-state index contributed by atoms with van der Waals surface area (Å²) in [5.41, 5.74) is 3.85. The number of aromatic nitrogens is 3. The van der Waals surface area contributed by atoms with Crippen LogP contribution in [0.3, 0.4) is 0 Å². The summed E-state index contributed by atoms with van der Waals surface area (Å²) in [5, 5.41) is 15.7. The second kappa shape index (κ2) is 6.61. The van der Waals surface area contributed by atoms with Gasteiger partial charge in [0.15, 0.2) is 0 Å². The maximum Gasteiger partial charge on any atom is 0.223 e. The molecule has 2 aromatic heterocycles. The molecule has 1 unspecified atom stereocenters. The minimum absolute atomic E-state index is 0.476.